The number of nitrogens with two attached hydrogens (primary N) is 1. The summed E-state index contributed by atoms with van der Waals surface area (Å²) < 4.78 is 60.9. The van der Waals surface area contributed by atoms with Crippen LogP contribution in [0.4, 0.5) is 11.9 Å². The summed E-state index contributed by atoms with van der Waals surface area (Å²) in [5.74, 6) is 0.00907. The van der Waals surface area contributed by atoms with Gasteiger partial charge in [-0.05, 0) is 0 Å². The lowest BCUT2D eigenvalue weighted by molar-refractivity contribution is -0.237. The molecule has 3 aliphatic rings. The van der Waals surface area contributed by atoms with Crippen LogP contribution in [-0.2, 0) is 36.7 Å². The number of hydrogen-bond donors (Lipinski definition) is 6. The molecule has 7 N–H and O–H groups in total. The summed E-state index contributed by atoms with van der Waals surface area (Å²) in [7, 11) is -8.83. The summed E-state index contributed by atoms with van der Waals surface area (Å²) in [4.78, 5) is 54.4. The number of aliphatic hydroxyl groups excluding tert-OH is 2. The normalized spacial score (nSPS) is 37.1. The molecule has 7 rings (SSSR count). The number of phosphoric acid groups is 2. The van der Waals surface area contributed by atoms with Crippen molar-refractivity contribution in [1.29, 1.82) is 0 Å². The van der Waals surface area contributed by atoms with Crippen LogP contribution in [0, 0.1) is 0 Å². The Morgan fingerprint density at radius 2 is 1.85 bits per heavy atom. The minimum absolute atomic E-state index is 0.144. The first-order chi connectivity index (χ1) is 21.9. The highest BCUT2D eigenvalue weighted by Crippen LogP contribution is 2.53. The van der Waals surface area contributed by atoms with Gasteiger partial charge in [0.2, 0.25) is 11.9 Å². The van der Waals surface area contributed by atoms with Crippen molar-refractivity contribution in [3.05, 3.63) is 34.8 Å². The van der Waals surface area contributed by atoms with E-state index in [0.717, 1.165) is 10.9 Å². The molecule has 0 spiro atoms. The van der Waals surface area contributed by atoms with Crippen LogP contribution >= 0.6 is 15.6 Å². The van der Waals surface area contributed by atoms with Gasteiger partial charge in [-0.1, -0.05) is 0 Å². The second-order valence-electron chi connectivity index (χ2n) is 10.3. The zero-order chi connectivity index (χ0) is 32.5. The zero-order valence-electron chi connectivity index (χ0n) is 23.3. The third-order valence-electron chi connectivity index (χ3n) is 7.54. The van der Waals surface area contributed by atoms with Crippen molar-refractivity contribution >= 4 is 44.4 Å². The second kappa shape index (κ2) is 11.4. The molecule has 0 saturated carbocycles. The molecule has 0 aliphatic carbocycles. The molecule has 4 aromatic heterocycles. The standard InChI is InChI=1S/C21H26N10O13P2/c1-23-21-25-5-24-16-7(2-27-31(16)21)13-12(33)14-9(41-13)4-40-46(37,38)44-15-11(32)8(3-39-45(35,36)43-14)42-19(15)30-6-26-10-17(30)28-20(22)29-18(10)34/h2,5-6,8-9,11-15,19,32-33H,3-4H2,1H3,(H,35,36)(H,37,38)(H,23,24,25)(H3,22,28,29,34)/p-1. The molecule has 46 heavy (non-hydrogen) atoms. The first-order valence-corrected chi connectivity index (χ1v) is 16.4. The predicted molar refractivity (Wildman–Crippen MR) is 146 cm³/mol. The molecule has 3 aliphatic heterocycles. The van der Waals surface area contributed by atoms with Crippen molar-refractivity contribution in [3.8, 4) is 0 Å². The fourth-order valence-corrected chi connectivity index (χ4v) is 7.36. The highest BCUT2D eigenvalue weighted by atomic mass is 31.2. The number of imidazole rings is 1. The first kappa shape index (κ1) is 31.2. The number of phosphoric ester groups is 2. The number of fused-ring (bicyclic) bond motifs is 5. The number of aromatic amines is 1. The lowest BCUT2D eigenvalue weighted by Crippen LogP contribution is -2.37. The van der Waals surface area contributed by atoms with Gasteiger partial charge in [0, 0.05) is 12.6 Å². The highest BCUT2D eigenvalue weighted by Gasteiger charge is 2.53. The Morgan fingerprint density at radius 3 is 2.63 bits per heavy atom. The maximum absolute atomic E-state index is 13.1. The van der Waals surface area contributed by atoms with Gasteiger partial charge in [0.15, 0.2) is 23.0 Å². The largest absolute Gasteiger partial charge is 0.756 e. The number of nitrogens with zero attached hydrogens (tertiary/aromatic N) is 7. The van der Waals surface area contributed by atoms with E-state index in [4.69, 9.17) is 33.3 Å². The van der Waals surface area contributed by atoms with Crippen LogP contribution < -0.4 is 21.5 Å². The van der Waals surface area contributed by atoms with Gasteiger partial charge >= 0.3 is 7.82 Å². The number of nitrogen functional groups attached to an aromatic ring is 1. The Morgan fingerprint density at radius 1 is 1.07 bits per heavy atom. The fraction of sp³-hybridized carbons (Fsp3) is 0.524. The van der Waals surface area contributed by atoms with Crippen LogP contribution in [0.5, 0.6) is 0 Å². The topological polar surface area (TPSA) is 318 Å². The van der Waals surface area contributed by atoms with Crippen LogP contribution in [0.15, 0.2) is 23.6 Å². The van der Waals surface area contributed by atoms with Gasteiger partial charge < -0.3 is 49.6 Å². The minimum Gasteiger partial charge on any atom is -0.756 e. The summed E-state index contributed by atoms with van der Waals surface area (Å²) in [5, 5.41) is 29.2. The molecule has 3 fully saturated rings. The van der Waals surface area contributed by atoms with Crippen LogP contribution in [0.1, 0.15) is 17.9 Å². The van der Waals surface area contributed by atoms with E-state index in [1.165, 1.54) is 17.0 Å². The number of aromatic nitrogens is 8. The van der Waals surface area contributed by atoms with Gasteiger partial charge in [0.1, 0.15) is 49.1 Å². The van der Waals surface area contributed by atoms with Crippen molar-refractivity contribution < 1.29 is 56.7 Å². The van der Waals surface area contributed by atoms with Gasteiger partial charge in [0.05, 0.1) is 25.7 Å². The molecule has 25 heteroatoms. The van der Waals surface area contributed by atoms with E-state index in [-0.39, 0.29) is 28.3 Å². The molecule has 0 radical (unpaired) electrons. The molecular weight excluding hydrogens is 662 g/mol. The summed E-state index contributed by atoms with van der Waals surface area (Å²) in [5.41, 5.74) is 5.04. The molecule has 10 atom stereocenters. The van der Waals surface area contributed by atoms with Crippen LogP contribution in [0.25, 0.3) is 16.8 Å². The zero-order valence-corrected chi connectivity index (χ0v) is 25.1. The average Bonchev–Trinajstić information content (AvgIpc) is 3.76. The summed E-state index contributed by atoms with van der Waals surface area (Å²) >= 11 is 0. The highest BCUT2D eigenvalue weighted by molar-refractivity contribution is 7.47. The quantitative estimate of drug-likeness (QED) is 0.120. The second-order valence-corrected chi connectivity index (χ2v) is 13.1. The monoisotopic (exact) mass is 687 g/mol. The Labute approximate surface area is 255 Å². The van der Waals surface area contributed by atoms with Gasteiger partial charge in [-0.2, -0.15) is 14.6 Å². The van der Waals surface area contributed by atoms with Gasteiger partial charge in [-0.3, -0.25) is 28.0 Å². The van der Waals surface area contributed by atoms with Gasteiger partial charge in [-0.25, -0.2) is 19.5 Å². The molecule has 0 amide bonds. The van der Waals surface area contributed by atoms with E-state index in [9.17, 15) is 33.9 Å². The molecule has 248 valence electrons. The predicted octanol–water partition coefficient (Wildman–Crippen LogP) is -2.67. The van der Waals surface area contributed by atoms with E-state index < -0.39 is 83.4 Å². The van der Waals surface area contributed by atoms with Crippen molar-refractivity contribution in [3.63, 3.8) is 0 Å². The van der Waals surface area contributed by atoms with Crippen LogP contribution in [0.2, 0.25) is 0 Å². The Kier molecular flexibility index (Phi) is 7.70. The Bertz CT molecular complexity index is 1950. The van der Waals surface area contributed by atoms with E-state index in [0.29, 0.717) is 5.95 Å². The lowest BCUT2D eigenvalue weighted by atomic mass is 10.0. The van der Waals surface area contributed by atoms with Gasteiger partial charge in [-0.15, -0.1) is 0 Å². The van der Waals surface area contributed by atoms with E-state index >= 15 is 0 Å². The molecule has 7 heterocycles. The van der Waals surface area contributed by atoms with Crippen molar-refractivity contribution in [2.45, 2.75) is 49.0 Å². The van der Waals surface area contributed by atoms with Crippen LogP contribution in [0.3, 0.4) is 0 Å². The molecule has 23 nitrogen and oxygen atoms in total. The van der Waals surface area contributed by atoms with Crippen molar-refractivity contribution in [2.24, 2.45) is 0 Å². The number of H-pyrrole nitrogens is 1. The number of hydrogen-bond acceptors (Lipinski definition) is 19. The average molecular weight is 687 g/mol. The fourth-order valence-electron chi connectivity index (χ4n) is 5.48. The summed E-state index contributed by atoms with van der Waals surface area (Å²) in [6, 6.07) is 0. The maximum atomic E-state index is 13.1. The third kappa shape index (κ3) is 5.39. The van der Waals surface area contributed by atoms with E-state index in [2.05, 4.69) is 35.3 Å². The smallest absolute Gasteiger partial charge is 0.472 e. The number of anilines is 2. The number of aliphatic hydroxyl groups is 2. The van der Waals surface area contributed by atoms with Gasteiger partial charge in [0.25, 0.3) is 13.4 Å². The molecule has 2 bridgehead atoms. The third-order valence-corrected chi connectivity index (χ3v) is 9.49. The Hall–Kier alpha value is -3.44. The molecule has 0 aromatic carbocycles. The van der Waals surface area contributed by atoms with Crippen molar-refractivity contribution in [2.75, 3.05) is 31.3 Å². The van der Waals surface area contributed by atoms with Crippen molar-refractivity contribution in [1.82, 2.24) is 39.1 Å². The first-order valence-electron chi connectivity index (χ1n) is 13.4. The number of ether oxygens (including phenoxy) is 2. The van der Waals surface area contributed by atoms with Crippen LogP contribution in [-0.4, -0.2) is 111 Å². The summed E-state index contributed by atoms with van der Waals surface area (Å²) in [6.45, 7) is -1.71. The molecule has 3 saturated heterocycles. The molecule has 10 unspecified atom stereocenters. The van der Waals surface area contributed by atoms with E-state index in [1.54, 1.807) is 7.05 Å². The maximum Gasteiger partial charge on any atom is 0.472 e. The Balaban J connectivity index is 1.20. The number of nitrogens with one attached hydrogen (secondary N) is 2. The molecule has 4 aromatic rings. The number of rotatable bonds is 3. The lowest BCUT2D eigenvalue weighted by Gasteiger charge is -2.31. The SMILES string of the molecule is CNc1ncnc2c(C3OC4COP(=O)([O-])OC5C(O)C(COP(=O)(O)OC4C3O)OC5n3cnc4c(=O)[nH]c(N)nc43)cnn12. The van der Waals surface area contributed by atoms with E-state index in [1.807, 2.05) is 0 Å². The minimum atomic E-state index is -5.36. The summed E-state index contributed by atoms with van der Waals surface area (Å²) in [6.07, 6.45) is -9.11. The molecular formula is C21H25N10O13P2-.